The molecule has 0 radical (unpaired) electrons. The molecule has 31 heavy (non-hydrogen) atoms. The molecule has 4 rings (SSSR count). The Morgan fingerprint density at radius 2 is 1.84 bits per heavy atom. The number of piperazine rings is 1. The quantitative estimate of drug-likeness (QED) is 0.516. The van der Waals surface area contributed by atoms with Crippen molar-refractivity contribution in [2.45, 2.75) is 18.6 Å². The Morgan fingerprint density at radius 3 is 2.55 bits per heavy atom. The summed E-state index contributed by atoms with van der Waals surface area (Å²) >= 11 is 4.82. The average Bonchev–Trinajstić information content (AvgIpc) is 3.22. The van der Waals surface area contributed by atoms with E-state index in [9.17, 15) is 9.90 Å². The van der Waals surface area contributed by atoms with E-state index in [-0.39, 0.29) is 11.7 Å². The fourth-order valence-corrected chi connectivity index (χ4v) is 4.90. The molecular formula is C22H24BrN5O2S. The molecule has 7 nitrogen and oxygen atoms in total. The zero-order chi connectivity index (χ0) is 21.8. The lowest BCUT2D eigenvalue weighted by molar-refractivity contribution is -0.128. The van der Waals surface area contributed by atoms with Crippen molar-refractivity contribution in [2.75, 3.05) is 36.8 Å². The zero-order valence-corrected chi connectivity index (χ0v) is 19.6. The third-order valence-corrected chi connectivity index (χ3v) is 6.76. The Morgan fingerprint density at radius 1 is 1.10 bits per heavy atom. The van der Waals surface area contributed by atoms with E-state index in [2.05, 4.69) is 43.2 Å². The topological polar surface area (TPSA) is 74.5 Å². The monoisotopic (exact) mass is 501 g/mol. The van der Waals surface area contributed by atoms with Gasteiger partial charge in [-0.3, -0.25) is 4.79 Å². The van der Waals surface area contributed by atoms with E-state index in [1.807, 2.05) is 40.7 Å². The molecule has 1 amide bonds. The van der Waals surface area contributed by atoms with Gasteiger partial charge in [-0.25, -0.2) is 0 Å². The van der Waals surface area contributed by atoms with Crippen molar-refractivity contribution < 1.29 is 9.90 Å². The van der Waals surface area contributed by atoms with E-state index in [0.717, 1.165) is 17.6 Å². The number of phenolic OH excluding ortho intramolecular Hbond substituents is 1. The van der Waals surface area contributed by atoms with Crippen LogP contribution >= 0.6 is 27.7 Å². The minimum Gasteiger partial charge on any atom is -0.507 e. The van der Waals surface area contributed by atoms with Crippen LogP contribution in [0.15, 0.2) is 58.2 Å². The summed E-state index contributed by atoms with van der Waals surface area (Å²) in [6.45, 7) is 5.73. The molecule has 9 heteroatoms. The number of hydrogen-bond donors (Lipinski definition) is 1. The third kappa shape index (κ3) is 4.88. The van der Waals surface area contributed by atoms with Crippen LogP contribution in [-0.2, 0) is 11.3 Å². The first-order chi connectivity index (χ1) is 15.1. The highest BCUT2D eigenvalue weighted by molar-refractivity contribution is 9.10. The number of carbonyl (C=O) groups is 1. The molecule has 1 aliphatic rings. The first kappa shape index (κ1) is 21.7. The van der Waals surface area contributed by atoms with Gasteiger partial charge in [0.05, 0.1) is 11.3 Å². The van der Waals surface area contributed by atoms with E-state index >= 15 is 0 Å². The zero-order valence-electron chi connectivity index (χ0n) is 17.2. The van der Waals surface area contributed by atoms with Gasteiger partial charge >= 0.3 is 0 Å². The summed E-state index contributed by atoms with van der Waals surface area (Å²) in [6, 6.07) is 15.5. The van der Waals surface area contributed by atoms with Crippen LogP contribution in [0.25, 0.3) is 11.4 Å². The van der Waals surface area contributed by atoms with Gasteiger partial charge in [0.25, 0.3) is 0 Å². The van der Waals surface area contributed by atoms with Crippen LogP contribution in [0.5, 0.6) is 5.75 Å². The second kappa shape index (κ2) is 9.74. The Bertz CT molecular complexity index is 1050. The molecule has 1 N–H and O–H groups in total. The summed E-state index contributed by atoms with van der Waals surface area (Å²) in [5.41, 5.74) is 1.81. The summed E-state index contributed by atoms with van der Waals surface area (Å²) in [6.07, 6.45) is 0. The van der Waals surface area contributed by atoms with E-state index in [0.29, 0.717) is 41.9 Å². The van der Waals surface area contributed by atoms with Crippen molar-refractivity contribution in [3.63, 3.8) is 0 Å². The second-order valence-corrected chi connectivity index (χ2v) is 9.06. The molecule has 2 aromatic carbocycles. The summed E-state index contributed by atoms with van der Waals surface area (Å²) in [4.78, 5) is 17.0. The van der Waals surface area contributed by atoms with Crippen LogP contribution < -0.4 is 4.90 Å². The summed E-state index contributed by atoms with van der Waals surface area (Å²) in [5.74, 6) is 1.16. The SMILES string of the molecule is CCn1c(SCC(=O)N2CCN(c3ccccc3)CC2)nnc1-c1cc(Br)ccc1O. The highest BCUT2D eigenvalue weighted by atomic mass is 79.9. The highest BCUT2D eigenvalue weighted by Gasteiger charge is 2.23. The largest absolute Gasteiger partial charge is 0.507 e. The molecule has 1 aromatic heterocycles. The summed E-state index contributed by atoms with van der Waals surface area (Å²) in [5, 5.41) is 19.5. The highest BCUT2D eigenvalue weighted by Crippen LogP contribution is 2.32. The standard InChI is InChI=1S/C22H24BrN5O2S/c1-2-28-21(18-14-16(23)8-9-19(18)29)24-25-22(28)31-15-20(30)27-12-10-26(11-13-27)17-6-4-3-5-7-17/h3-9,14,29H,2,10-13,15H2,1H3. The Kier molecular flexibility index (Phi) is 6.82. The second-order valence-electron chi connectivity index (χ2n) is 7.20. The van der Waals surface area contributed by atoms with Gasteiger partial charge in [-0.2, -0.15) is 0 Å². The van der Waals surface area contributed by atoms with Crippen LogP contribution in [0.2, 0.25) is 0 Å². The van der Waals surface area contributed by atoms with Crippen molar-refractivity contribution in [3.05, 3.63) is 53.0 Å². The summed E-state index contributed by atoms with van der Waals surface area (Å²) in [7, 11) is 0. The Hall–Kier alpha value is -2.52. The normalized spacial score (nSPS) is 14.1. The van der Waals surface area contributed by atoms with Crippen LogP contribution in [0, 0.1) is 0 Å². The minimum absolute atomic E-state index is 0.107. The molecule has 0 unspecified atom stereocenters. The van der Waals surface area contributed by atoms with Crippen molar-refractivity contribution in [2.24, 2.45) is 0 Å². The van der Waals surface area contributed by atoms with Crippen molar-refractivity contribution >= 4 is 39.3 Å². The van der Waals surface area contributed by atoms with Crippen molar-refractivity contribution in [3.8, 4) is 17.1 Å². The number of para-hydroxylation sites is 1. The maximum atomic E-state index is 12.8. The predicted molar refractivity (Wildman–Crippen MR) is 126 cm³/mol. The van der Waals surface area contributed by atoms with Crippen molar-refractivity contribution in [1.29, 1.82) is 0 Å². The Balaban J connectivity index is 1.38. The van der Waals surface area contributed by atoms with Crippen LogP contribution in [0.4, 0.5) is 5.69 Å². The molecule has 1 fully saturated rings. The van der Waals surface area contributed by atoms with Crippen LogP contribution in [0.3, 0.4) is 0 Å². The molecular weight excluding hydrogens is 478 g/mol. The average molecular weight is 502 g/mol. The molecule has 0 saturated carbocycles. The third-order valence-electron chi connectivity index (χ3n) is 5.31. The number of aromatic nitrogens is 3. The number of benzene rings is 2. The number of rotatable bonds is 6. The molecule has 1 aliphatic heterocycles. The fourth-order valence-electron chi connectivity index (χ4n) is 3.64. The van der Waals surface area contributed by atoms with E-state index in [4.69, 9.17) is 0 Å². The number of nitrogens with zero attached hydrogens (tertiary/aromatic N) is 5. The maximum absolute atomic E-state index is 12.8. The number of anilines is 1. The van der Waals surface area contributed by atoms with Crippen LogP contribution in [-0.4, -0.2) is 62.6 Å². The van der Waals surface area contributed by atoms with Crippen LogP contribution in [0.1, 0.15) is 6.92 Å². The van der Waals surface area contributed by atoms with Gasteiger partial charge in [-0.15, -0.1) is 10.2 Å². The summed E-state index contributed by atoms with van der Waals surface area (Å²) < 4.78 is 2.78. The fraction of sp³-hybridized carbons (Fsp3) is 0.318. The molecule has 162 valence electrons. The number of amides is 1. The lowest BCUT2D eigenvalue weighted by Gasteiger charge is -2.36. The van der Waals surface area contributed by atoms with Gasteiger partial charge in [0.15, 0.2) is 11.0 Å². The minimum atomic E-state index is 0.107. The molecule has 0 spiro atoms. The predicted octanol–water partition coefficient (Wildman–Crippen LogP) is 3.87. The lowest BCUT2D eigenvalue weighted by Crippen LogP contribution is -2.49. The maximum Gasteiger partial charge on any atom is 0.233 e. The first-order valence-corrected chi connectivity index (χ1v) is 12.0. The number of hydrogen-bond acceptors (Lipinski definition) is 6. The van der Waals surface area contributed by atoms with Gasteiger partial charge in [-0.05, 0) is 37.3 Å². The smallest absolute Gasteiger partial charge is 0.233 e. The van der Waals surface area contributed by atoms with Gasteiger partial charge < -0.3 is 19.5 Å². The molecule has 2 heterocycles. The van der Waals surface area contributed by atoms with Gasteiger partial charge in [-0.1, -0.05) is 45.9 Å². The molecule has 0 bridgehead atoms. The number of thioether (sulfide) groups is 1. The number of halogens is 1. The molecule has 0 atom stereocenters. The molecule has 3 aromatic rings. The van der Waals surface area contributed by atoms with E-state index in [1.165, 1.54) is 17.4 Å². The number of aromatic hydroxyl groups is 1. The number of carbonyl (C=O) groups excluding carboxylic acids is 1. The lowest BCUT2D eigenvalue weighted by atomic mass is 10.2. The van der Waals surface area contributed by atoms with E-state index in [1.54, 1.807) is 12.1 Å². The Labute approximate surface area is 194 Å². The first-order valence-electron chi connectivity index (χ1n) is 10.2. The van der Waals surface area contributed by atoms with E-state index < -0.39 is 0 Å². The van der Waals surface area contributed by atoms with Gasteiger partial charge in [0.1, 0.15) is 5.75 Å². The van der Waals surface area contributed by atoms with Crippen molar-refractivity contribution in [1.82, 2.24) is 19.7 Å². The van der Waals surface area contributed by atoms with Gasteiger partial charge in [0, 0.05) is 42.9 Å². The number of phenols is 1. The van der Waals surface area contributed by atoms with Gasteiger partial charge in [0.2, 0.25) is 5.91 Å². The molecule has 1 saturated heterocycles. The molecule has 0 aliphatic carbocycles.